The van der Waals surface area contributed by atoms with E-state index in [0.717, 1.165) is 0 Å². The van der Waals surface area contributed by atoms with Crippen molar-refractivity contribution < 1.29 is 113 Å². The molecule has 0 amide bonds. The van der Waals surface area contributed by atoms with Gasteiger partial charge in [0.15, 0.2) is 0 Å². The first kappa shape index (κ1) is 19.7. The second kappa shape index (κ2) is 9.76. The largest absolute Gasteiger partial charge is 1.00 e. The van der Waals surface area contributed by atoms with Gasteiger partial charge in [0.1, 0.15) is 0 Å². The van der Waals surface area contributed by atoms with Crippen molar-refractivity contribution in [2.75, 3.05) is 28.2 Å². The molecule has 0 unspecified atom stereocenters. The van der Waals surface area contributed by atoms with Gasteiger partial charge >= 0.3 is 103 Å². The van der Waals surface area contributed by atoms with Gasteiger partial charge in [-0.05, 0) is 11.8 Å². The van der Waals surface area contributed by atoms with Crippen molar-refractivity contribution in [1.82, 2.24) is 9.80 Å². The molecule has 0 spiro atoms. The predicted molar refractivity (Wildman–Crippen MR) is 34.4 cm³/mol. The topological polar surface area (TPSA) is 52.6 Å². The van der Waals surface area contributed by atoms with Gasteiger partial charge in [0.05, 0.1) is 0 Å². The molecule has 0 fully saturated rings. The molecule has 0 aliphatic rings. The number of nitrogens with zero attached hydrogens (tertiary/aromatic N) is 2. The fourth-order valence-corrected chi connectivity index (χ4v) is 0.383. The molecule has 0 saturated carbocycles. The summed E-state index contributed by atoms with van der Waals surface area (Å²) in [7, 11) is 6.18. The summed E-state index contributed by atoms with van der Waals surface area (Å²) in [5, 5.41) is 21.6. The molecule has 0 aromatic carbocycles. The summed E-state index contributed by atoms with van der Waals surface area (Å²) in [6.45, 7) is 0. The Morgan fingerprint density at radius 2 is 0.917 bits per heavy atom. The predicted octanol–water partition coefficient (Wildman–Crippen LogP) is -8.04. The number of rotatable bonds is 2. The van der Waals surface area contributed by atoms with Crippen molar-refractivity contribution in [1.29, 1.82) is 0 Å². The van der Waals surface area contributed by atoms with Gasteiger partial charge in [-0.2, -0.15) is 0 Å². The van der Waals surface area contributed by atoms with E-state index in [-0.39, 0.29) is 103 Å². The minimum absolute atomic E-state index is 0. The van der Waals surface area contributed by atoms with E-state index in [1.54, 1.807) is 28.2 Å². The molecule has 0 aromatic rings. The van der Waals surface area contributed by atoms with Crippen molar-refractivity contribution >= 4 is 0 Å². The van der Waals surface area contributed by atoms with Crippen LogP contribution in [0.2, 0.25) is 0 Å². The van der Waals surface area contributed by atoms with Crippen molar-refractivity contribution in [3.05, 3.63) is 11.8 Å². The third-order valence-corrected chi connectivity index (χ3v) is 0.995. The van der Waals surface area contributed by atoms with E-state index in [1.165, 1.54) is 9.80 Å². The van der Waals surface area contributed by atoms with Crippen LogP contribution >= 0.6 is 0 Å². The van der Waals surface area contributed by atoms with Crippen LogP contribution in [0.1, 0.15) is 0 Å². The van der Waals surface area contributed by atoms with Crippen LogP contribution in [0, 0.1) is 0 Å². The SMILES string of the molecule is CN(C)/C([O-])=C(/[O-])N(C)C.[K+].[K+]. The summed E-state index contributed by atoms with van der Waals surface area (Å²) < 4.78 is 0. The van der Waals surface area contributed by atoms with E-state index in [1.807, 2.05) is 0 Å². The van der Waals surface area contributed by atoms with Crippen molar-refractivity contribution in [3.63, 3.8) is 0 Å². The maximum Gasteiger partial charge on any atom is 1.00 e. The minimum Gasteiger partial charge on any atom is -0.860 e. The van der Waals surface area contributed by atoms with Gasteiger partial charge in [-0.3, -0.25) is 0 Å². The van der Waals surface area contributed by atoms with Gasteiger partial charge in [0.2, 0.25) is 0 Å². The Morgan fingerprint density at radius 3 is 1.00 bits per heavy atom. The molecular formula is C6H12K2N2O2. The van der Waals surface area contributed by atoms with Gasteiger partial charge in [-0.1, -0.05) is 0 Å². The fourth-order valence-electron chi connectivity index (χ4n) is 0.383. The van der Waals surface area contributed by atoms with Gasteiger partial charge in [0.25, 0.3) is 0 Å². The van der Waals surface area contributed by atoms with E-state index < -0.39 is 11.8 Å². The molecule has 6 heteroatoms. The molecule has 4 nitrogen and oxygen atoms in total. The number of hydrogen-bond acceptors (Lipinski definition) is 4. The Balaban J connectivity index is -0.000000405. The van der Waals surface area contributed by atoms with Gasteiger partial charge in [-0.25, -0.2) is 0 Å². The van der Waals surface area contributed by atoms with Crippen LogP contribution in [0.25, 0.3) is 0 Å². The average molecular weight is 222 g/mol. The van der Waals surface area contributed by atoms with Crippen molar-refractivity contribution in [2.45, 2.75) is 0 Å². The van der Waals surface area contributed by atoms with Crippen molar-refractivity contribution in [2.24, 2.45) is 0 Å². The van der Waals surface area contributed by atoms with Crippen molar-refractivity contribution in [3.8, 4) is 0 Å². The Hall–Kier alpha value is 2.21. The summed E-state index contributed by atoms with van der Waals surface area (Å²) in [5.41, 5.74) is 0. The Morgan fingerprint density at radius 1 is 0.750 bits per heavy atom. The molecule has 12 heavy (non-hydrogen) atoms. The molecule has 0 rings (SSSR count). The average Bonchev–Trinajstić information content (AvgIpc) is 1.84. The minimum atomic E-state index is -0.495. The first-order valence-electron chi connectivity index (χ1n) is 2.89. The van der Waals surface area contributed by atoms with Gasteiger partial charge in [-0.15, -0.1) is 0 Å². The Bertz CT molecular complexity index is 132. The second-order valence-electron chi connectivity index (χ2n) is 2.40. The van der Waals surface area contributed by atoms with Crippen LogP contribution in [0.15, 0.2) is 11.8 Å². The molecule has 0 aliphatic carbocycles. The zero-order valence-electron chi connectivity index (χ0n) is 8.71. The smallest absolute Gasteiger partial charge is 0.860 e. The molecule has 0 aliphatic heterocycles. The Labute approximate surface area is 159 Å². The normalized spacial score (nSPS) is 10.3. The quantitative estimate of drug-likeness (QED) is 0.344. The third kappa shape index (κ3) is 7.60. The summed E-state index contributed by atoms with van der Waals surface area (Å²) in [6.07, 6.45) is 0. The molecule has 0 atom stereocenters. The van der Waals surface area contributed by atoms with E-state index in [9.17, 15) is 10.2 Å². The molecule has 0 heterocycles. The summed E-state index contributed by atoms with van der Waals surface area (Å²) in [6, 6.07) is 0. The second-order valence-corrected chi connectivity index (χ2v) is 2.40. The van der Waals surface area contributed by atoms with Crippen LogP contribution in [-0.4, -0.2) is 38.0 Å². The molecule has 0 radical (unpaired) electrons. The third-order valence-electron chi connectivity index (χ3n) is 0.995. The molecule has 0 N–H and O–H groups in total. The molecule has 0 saturated heterocycles. The monoisotopic (exact) mass is 222 g/mol. The first-order valence-corrected chi connectivity index (χ1v) is 2.89. The standard InChI is InChI=1S/C6H14N2O2.2K/c1-7(2)5(9)6(10)8(3)4;;/h9-10H,1-4H3;;/q;2*+1/p-2/b6-5-;;. The van der Waals surface area contributed by atoms with Crippen LogP contribution < -0.4 is 113 Å². The van der Waals surface area contributed by atoms with E-state index in [2.05, 4.69) is 0 Å². The number of hydrogen-bond donors (Lipinski definition) is 0. The van der Waals surface area contributed by atoms with Crippen LogP contribution in [0.4, 0.5) is 0 Å². The summed E-state index contributed by atoms with van der Waals surface area (Å²) >= 11 is 0. The zero-order valence-corrected chi connectivity index (χ0v) is 15.0. The molecule has 0 bridgehead atoms. The van der Waals surface area contributed by atoms with Crippen LogP contribution in [-0.2, 0) is 0 Å². The molecule has 60 valence electrons. The van der Waals surface area contributed by atoms with E-state index >= 15 is 0 Å². The summed E-state index contributed by atoms with van der Waals surface area (Å²) in [5.74, 6) is -0.991. The maximum absolute atomic E-state index is 10.8. The Kier molecular flexibility index (Phi) is 16.0. The summed E-state index contributed by atoms with van der Waals surface area (Å²) in [4.78, 5) is 2.50. The van der Waals surface area contributed by atoms with E-state index in [0.29, 0.717) is 0 Å². The zero-order chi connectivity index (χ0) is 8.31. The molecular weight excluding hydrogens is 210 g/mol. The van der Waals surface area contributed by atoms with E-state index in [4.69, 9.17) is 0 Å². The van der Waals surface area contributed by atoms with Crippen LogP contribution in [0.5, 0.6) is 0 Å². The first-order chi connectivity index (χ1) is 4.46. The van der Waals surface area contributed by atoms with Gasteiger partial charge in [0, 0.05) is 28.2 Å². The van der Waals surface area contributed by atoms with Gasteiger partial charge < -0.3 is 20.0 Å². The fraction of sp³-hybridized carbons (Fsp3) is 0.667. The van der Waals surface area contributed by atoms with Crippen LogP contribution in [0.3, 0.4) is 0 Å². The molecule has 0 aromatic heterocycles. The maximum atomic E-state index is 10.8.